The monoisotopic (exact) mass is 285 g/mol. The first-order chi connectivity index (χ1) is 7.63. The quantitative estimate of drug-likeness (QED) is 0.443. The Morgan fingerprint density at radius 3 is 2.44 bits per heavy atom. The van der Waals surface area contributed by atoms with Crippen LogP contribution in [0.5, 0.6) is 0 Å². The Bertz CT molecular complexity index is 337. The molecule has 1 aromatic carbocycles. The molecule has 0 aliphatic rings. The van der Waals surface area contributed by atoms with Gasteiger partial charge in [0.25, 0.3) is 0 Å². The third-order valence-corrected chi connectivity index (χ3v) is 3.58. The number of nitrogens with two attached hydrogens (primary N) is 2. The van der Waals surface area contributed by atoms with Crippen molar-refractivity contribution in [3.8, 4) is 0 Å². The van der Waals surface area contributed by atoms with Crippen LogP contribution in [0.25, 0.3) is 0 Å². The Morgan fingerprint density at radius 2 is 1.94 bits per heavy atom. The second-order valence-corrected chi connectivity index (χ2v) is 4.91. The third-order valence-electron chi connectivity index (χ3n) is 3.08. The van der Waals surface area contributed by atoms with E-state index in [1.54, 1.807) is 0 Å². The Balaban J connectivity index is 3.06. The first-order valence-corrected chi connectivity index (χ1v) is 6.44. The van der Waals surface area contributed by atoms with Crippen LogP contribution in [0.15, 0.2) is 22.7 Å². The number of anilines is 1. The fraction of sp³-hybridized carbons (Fsp3) is 0.500. The number of nitrogen functional groups attached to an aromatic ring is 1. The molecule has 1 aromatic rings. The lowest BCUT2D eigenvalue weighted by Crippen LogP contribution is -2.33. The molecule has 3 nitrogen and oxygen atoms in total. The maximum Gasteiger partial charge on any atom is 0.0508 e. The normalized spacial score (nSPS) is 13.1. The van der Waals surface area contributed by atoms with E-state index in [0.29, 0.717) is 5.92 Å². The largest absolute Gasteiger partial charge is 0.398 e. The van der Waals surface area contributed by atoms with Gasteiger partial charge in [0.2, 0.25) is 0 Å². The molecule has 0 radical (unpaired) electrons. The summed E-state index contributed by atoms with van der Waals surface area (Å²) in [6.45, 7) is 4.35. The Labute approximate surface area is 106 Å². The third kappa shape index (κ3) is 2.97. The van der Waals surface area contributed by atoms with E-state index in [2.05, 4.69) is 35.2 Å². The highest BCUT2D eigenvalue weighted by Gasteiger charge is 2.21. The molecule has 0 amide bonds. The van der Waals surface area contributed by atoms with Crippen molar-refractivity contribution in [2.75, 3.05) is 5.73 Å². The molecule has 0 aromatic heterocycles. The van der Waals surface area contributed by atoms with Crippen molar-refractivity contribution in [3.05, 3.63) is 28.2 Å². The van der Waals surface area contributed by atoms with Crippen molar-refractivity contribution < 1.29 is 0 Å². The highest BCUT2D eigenvalue weighted by Crippen LogP contribution is 2.32. The number of benzene rings is 1. The van der Waals surface area contributed by atoms with Crippen LogP contribution in [0.4, 0.5) is 5.69 Å². The summed E-state index contributed by atoms with van der Waals surface area (Å²) >= 11 is 3.46. The molecule has 0 aliphatic carbocycles. The van der Waals surface area contributed by atoms with Gasteiger partial charge in [-0.2, -0.15) is 0 Å². The van der Waals surface area contributed by atoms with Gasteiger partial charge in [-0.1, -0.05) is 42.6 Å². The van der Waals surface area contributed by atoms with Crippen LogP contribution >= 0.6 is 15.9 Å². The van der Waals surface area contributed by atoms with Gasteiger partial charge < -0.3 is 5.73 Å². The molecule has 5 N–H and O–H groups in total. The van der Waals surface area contributed by atoms with Crippen molar-refractivity contribution in [3.63, 3.8) is 0 Å². The molecule has 1 atom stereocenters. The molecule has 0 heterocycles. The predicted octanol–water partition coefficient (Wildman–Crippen LogP) is 2.97. The van der Waals surface area contributed by atoms with Crippen LogP contribution in [0.1, 0.15) is 38.3 Å². The molecule has 0 aliphatic heterocycles. The average molecular weight is 286 g/mol. The summed E-state index contributed by atoms with van der Waals surface area (Å²) in [5.41, 5.74) is 10.7. The number of rotatable bonds is 5. The molecule has 0 fully saturated rings. The summed E-state index contributed by atoms with van der Waals surface area (Å²) < 4.78 is 1.03. The molecule has 90 valence electrons. The summed E-state index contributed by atoms with van der Waals surface area (Å²) in [4.78, 5) is 0. The predicted molar refractivity (Wildman–Crippen MR) is 72.7 cm³/mol. The second kappa shape index (κ2) is 6.23. The minimum Gasteiger partial charge on any atom is -0.398 e. The van der Waals surface area contributed by atoms with Gasteiger partial charge in [-0.05, 0) is 29.7 Å². The Hall–Kier alpha value is -0.580. The van der Waals surface area contributed by atoms with Crippen LogP contribution in [-0.4, -0.2) is 0 Å². The van der Waals surface area contributed by atoms with Gasteiger partial charge >= 0.3 is 0 Å². The molecular formula is C12H20BrN3. The molecular weight excluding hydrogens is 266 g/mol. The van der Waals surface area contributed by atoms with E-state index >= 15 is 0 Å². The van der Waals surface area contributed by atoms with Gasteiger partial charge in [-0.3, -0.25) is 11.3 Å². The fourth-order valence-corrected chi connectivity index (χ4v) is 2.43. The van der Waals surface area contributed by atoms with Gasteiger partial charge in [-0.25, -0.2) is 0 Å². The van der Waals surface area contributed by atoms with E-state index in [-0.39, 0.29) is 6.04 Å². The van der Waals surface area contributed by atoms with E-state index in [1.807, 2.05) is 18.2 Å². The summed E-state index contributed by atoms with van der Waals surface area (Å²) in [6.07, 6.45) is 2.16. The average Bonchev–Trinajstić information content (AvgIpc) is 2.29. The van der Waals surface area contributed by atoms with Crippen molar-refractivity contribution in [2.45, 2.75) is 32.7 Å². The number of nitrogens with one attached hydrogen (secondary N) is 1. The first-order valence-electron chi connectivity index (χ1n) is 5.65. The van der Waals surface area contributed by atoms with E-state index in [1.165, 1.54) is 0 Å². The zero-order valence-electron chi connectivity index (χ0n) is 9.83. The molecule has 1 rings (SSSR count). The second-order valence-electron chi connectivity index (χ2n) is 3.99. The van der Waals surface area contributed by atoms with E-state index < -0.39 is 0 Å². The number of hydrazine groups is 1. The standard InChI is InChI=1S/C12H20BrN3/c1-3-8(4-2)12(16-15)10-7-9(13)5-6-11(10)14/h5-8,12,16H,3-4,14-15H2,1-2H3. The van der Waals surface area contributed by atoms with Crippen LogP contribution in [-0.2, 0) is 0 Å². The highest BCUT2D eigenvalue weighted by molar-refractivity contribution is 9.10. The highest BCUT2D eigenvalue weighted by atomic mass is 79.9. The SMILES string of the molecule is CCC(CC)C(NN)c1cc(Br)ccc1N. The van der Waals surface area contributed by atoms with Crippen molar-refractivity contribution in [1.82, 2.24) is 5.43 Å². The van der Waals surface area contributed by atoms with E-state index in [4.69, 9.17) is 11.6 Å². The molecule has 16 heavy (non-hydrogen) atoms. The topological polar surface area (TPSA) is 64.1 Å². The van der Waals surface area contributed by atoms with E-state index in [9.17, 15) is 0 Å². The fourth-order valence-electron chi connectivity index (χ4n) is 2.05. The van der Waals surface area contributed by atoms with Crippen LogP contribution < -0.4 is 17.0 Å². The summed E-state index contributed by atoms with van der Waals surface area (Å²) in [5.74, 6) is 6.16. The van der Waals surface area contributed by atoms with Crippen molar-refractivity contribution in [1.29, 1.82) is 0 Å². The molecule has 1 unspecified atom stereocenters. The molecule has 0 saturated carbocycles. The number of halogens is 1. The lowest BCUT2D eigenvalue weighted by atomic mass is 9.88. The lowest BCUT2D eigenvalue weighted by Gasteiger charge is -2.26. The maximum absolute atomic E-state index is 6.00. The molecule has 0 saturated heterocycles. The zero-order valence-corrected chi connectivity index (χ0v) is 11.4. The van der Waals surface area contributed by atoms with Crippen LogP contribution in [0.2, 0.25) is 0 Å². The summed E-state index contributed by atoms with van der Waals surface area (Å²) in [5, 5.41) is 0. The molecule has 4 heteroatoms. The van der Waals surface area contributed by atoms with Crippen LogP contribution in [0.3, 0.4) is 0 Å². The summed E-state index contributed by atoms with van der Waals surface area (Å²) in [6, 6.07) is 6.01. The minimum absolute atomic E-state index is 0.118. The summed E-state index contributed by atoms with van der Waals surface area (Å²) in [7, 11) is 0. The Kier molecular flexibility index (Phi) is 5.25. The molecule has 0 bridgehead atoms. The van der Waals surface area contributed by atoms with Gasteiger partial charge in [0.05, 0.1) is 6.04 Å². The first kappa shape index (κ1) is 13.5. The minimum atomic E-state index is 0.118. The number of hydrogen-bond donors (Lipinski definition) is 3. The Morgan fingerprint density at radius 1 is 1.31 bits per heavy atom. The van der Waals surface area contributed by atoms with Crippen molar-refractivity contribution in [2.24, 2.45) is 11.8 Å². The van der Waals surface area contributed by atoms with E-state index in [0.717, 1.165) is 28.6 Å². The van der Waals surface area contributed by atoms with Gasteiger partial charge in [0.15, 0.2) is 0 Å². The van der Waals surface area contributed by atoms with Gasteiger partial charge in [-0.15, -0.1) is 0 Å². The van der Waals surface area contributed by atoms with Crippen molar-refractivity contribution >= 4 is 21.6 Å². The van der Waals surface area contributed by atoms with Gasteiger partial charge in [0, 0.05) is 10.2 Å². The lowest BCUT2D eigenvalue weighted by molar-refractivity contribution is 0.346. The zero-order chi connectivity index (χ0) is 12.1. The molecule has 0 spiro atoms. The maximum atomic E-state index is 6.00. The smallest absolute Gasteiger partial charge is 0.0508 e. The number of hydrogen-bond acceptors (Lipinski definition) is 3. The van der Waals surface area contributed by atoms with Crippen LogP contribution in [0, 0.1) is 5.92 Å². The van der Waals surface area contributed by atoms with Gasteiger partial charge in [0.1, 0.15) is 0 Å².